The Labute approximate surface area is 120 Å². The number of carbonyl (C=O) groups is 2. The van der Waals surface area contributed by atoms with Gasteiger partial charge < -0.3 is 9.47 Å². The number of ketones is 1. The Kier molecular flexibility index (Phi) is 5.89. The second-order valence-electron chi connectivity index (χ2n) is 5.25. The third-order valence-electron chi connectivity index (χ3n) is 3.16. The Bertz CT molecular complexity index is 453. The molecule has 0 fully saturated rings. The maximum Gasteiger partial charge on any atom is 0.346 e. The number of ether oxygens (including phenoxy) is 2. The van der Waals surface area contributed by atoms with Crippen LogP contribution in [-0.2, 0) is 25.7 Å². The Morgan fingerprint density at radius 3 is 2.25 bits per heavy atom. The first-order chi connectivity index (χ1) is 9.42. The van der Waals surface area contributed by atoms with Gasteiger partial charge in [-0.25, -0.2) is 4.79 Å². The summed E-state index contributed by atoms with van der Waals surface area (Å²) in [6.07, 6.45) is 0.312. The van der Waals surface area contributed by atoms with Gasteiger partial charge in [0.05, 0.1) is 0 Å². The van der Waals surface area contributed by atoms with Gasteiger partial charge in [-0.2, -0.15) is 0 Å². The van der Waals surface area contributed by atoms with Crippen LogP contribution in [0.4, 0.5) is 0 Å². The second-order valence-corrected chi connectivity index (χ2v) is 5.25. The van der Waals surface area contributed by atoms with Crippen molar-refractivity contribution >= 4 is 11.8 Å². The van der Waals surface area contributed by atoms with E-state index in [4.69, 9.17) is 9.47 Å². The summed E-state index contributed by atoms with van der Waals surface area (Å²) < 4.78 is 10.5. The van der Waals surface area contributed by atoms with Crippen LogP contribution in [0.25, 0.3) is 0 Å². The highest BCUT2D eigenvalue weighted by Gasteiger charge is 2.45. The number of rotatable bonds is 7. The van der Waals surface area contributed by atoms with Gasteiger partial charge in [-0.15, -0.1) is 0 Å². The van der Waals surface area contributed by atoms with Crippen molar-refractivity contribution < 1.29 is 19.1 Å². The molecule has 0 aliphatic rings. The summed E-state index contributed by atoms with van der Waals surface area (Å²) in [5.41, 5.74) is -0.623. The zero-order valence-corrected chi connectivity index (χ0v) is 12.5. The first-order valence-corrected chi connectivity index (χ1v) is 6.69. The zero-order chi connectivity index (χ0) is 15.2. The maximum atomic E-state index is 12.3. The van der Waals surface area contributed by atoms with Crippen molar-refractivity contribution in [3.8, 4) is 0 Å². The molecule has 1 rings (SSSR count). The highest BCUT2D eigenvalue weighted by molar-refractivity contribution is 6.06. The van der Waals surface area contributed by atoms with Gasteiger partial charge in [0.15, 0.2) is 5.78 Å². The molecular formula is C16H22O4. The van der Waals surface area contributed by atoms with Crippen LogP contribution < -0.4 is 0 Å². The molecular weight excluding hydrogens is 256 g/mol. The van der Waals surface area contributed by atoms with Crippen LogP contribution in [0.2, 0.25) is 0 Å². The van der Waals surface area contributed by atoms with E-state index in [0.29, 0.717) is 6.42 Å². The van der Waals surface area contributed by atoms with Crippen molar-refractivity contribution in [3.63, 3.8) is 0 Å². The molecule has 1 aromatic rings. The molecule has 4 nitrogen and oxygen atoms in total. The minimum absolute atomic E-state index is 0.135. The van der Waals surface area contributed by atoms with Crippen molar-refractivity contribution in [3.05, 3.63) is 35.9 Å². The summed E-state index contributed by atoms with van der Waals surface area (Å²) in [6, 6.07) is 9.34. The minimum atomic E-state index is -1.50. The second kappa shape index (κ2) is 7.20. The fraction of sp³-hybridized carbons (Fsp3) is 0.500. The SMILES string of the molecule is COC(CC(C)C)(C(C)=O)C(=O)OCc1ccccc1. The Morgan fingerprint density at radius 1 is 1.20 bits per heavy atom. The smallest absolute Gasteiger partial charge is 0.346 e. The predicted molar refractivity (Wildman–Crippen MR) is 76.1 cm³/mol. The number of hydrogen-bond acceptors (Lipinski definition) is 4. The van der Waals surface area contributed by atoms with E-state index in [1.165, 1.54) is 14.0 Å². The molecule has 0 heterocycles. The van der Waals surface area contributed by atoms with Gasteiger partial charge >= 0.3 is 5.97 Å². The molecule has 0 N–H and O–H groups in total. The standard InChI is InChI=1S/C16H22O4/c1-12(2)10-16(19-4,13(3)17)15(18)20-11-14-8-6-5-7-9-14/h5-9,12H,10-11H2,1-4H3. The van der Waals surface area contributed by atoms with Crippen LogP contribution in [0.3, 0.4) is 0 Å². The molecule has 0 saturated carbocycles. The molecule has 1 atom stereocenters. The van der Waals surface area contributed by atoms with E-state index in [1.807, 2.05) is 44.2 Å². The fourth-order valence-electron chi connectivity index (χ4n) is 2.10. The minimum Gasteiger partial charge on any atom is -0.458 e. The third-order valence-corrected chi connectivity index (χ3v) is 3.16. The average Bonchev–Trinajstić information content (AvgIpc) is 2.42. The lowest BCUT2D eigenvalue weighted by Crippen LogP contribution is -2.49. The number of esters is 1. The normalized spacial score (nSPS) is 13.8. The van der Waals surface area contributed by atoms with Crippen molar-refractivity contribution in [2.24, 2.45) is 5.92 Å². The summed E-state index contributed by atoms with van der Waals surface area (Å²) in [7, 11) is 1.37. The lowest BCUT2D eigenvalue weighted by molar-refractivity contribution is -0.176. The van der Waals surface area contributed by atoms with Gasteiger partial charge in [0.25, 0.3) is 0 Å². The molecule has 1 unspecified atom stereocenters. The predicted octanol–water partition coefficient (Wildman–Crippen LogP) is 2.75. The van der Waals surface area contributed by atoms with Gasteiger partial charge in [0, 0.05) is 7.11 Å². The van der Waals surface area contributed by atoms with Crippen molar-refractivity contribution in [2.45, 2.75) is 39.4 Å². The van der Waals surface area contributed by atoms with Crippen LogP contribution in [0.5, 0.6) is 0 Å². The lowest BCUT2D eigenvalue weighted by Gasteiger charge is -2.29. The number of methoxy groups -OCH3 is 1. The van der Waals surface area contributed by atoms with Crippen LogP contribution in [0, 0.1) is 5.92 Å². The summed E-state index contributed by atoms with van der Waals surface area (Å²) in [4.78, 5) is 24.1. The Morgan fingerprint density at radius 2 is 1.80 bits per heavy atom. The molecule has 0 amide bonds. The summed E-state index contributed by atoms with van der Waals surface area (Å²) in [5, 5.41) is 0. The van der Waals surface area contributed by atoms with Gasteiger partial charge in [0.2, 0.25) is 5.60 Å². The molecule has 0 aliphatic heterocycles. The topological polar surface area (TPSA) is 52.6 Å². The average molecular weight is 278 g/mol. The van der Waals surface area contributed by atoms with E-state index >= 15 is 0 Å². The van der Waals surface area contributed by atoms with E-state index in [0.717, 1.165) is 5.56 Å². The van der Waals surface area contributed by atoms with Crippen molar-refractivity contribution in [1.29, 1.82) is 0 Å². The first kappa shape index (κ1) is 16.4. The number of benzene rings is 1. The highest BCUT2D eigenvalue weighted by Crippen LogP contribution is 2.24. The molecule has 0 spiro atoms. The van der Waals surface area contributed by atoms with E-state index < -0.39 is 11.6 Å². The number of carbonyl (C=O) groups excluding carboxylic acids is 2. The van der Waals surface area contributed by atoms with Gasteiger partial charge in [0.1, 0.15) is 6.61 Å². The first-order valence-electron chi connectivity index (χ1n) is 6.69. The quantitative estimate of drug-likeness (QED) is 0.568. The molecule has 0 radical (unpaired) electrons. The van der Waals surface area contributed by atoms with Crippen LogP contribution >= 0.6 is 0 Å². The van der Waals surface area contributed by atoms with Crippen LogP contribution in [0.1, 0.15) is 32.8 Å². The molecule has 20 heavy (non-hydrogen) atoms. The summed E-state index contributed by atoms with van der Waals surface area (Å²) in [5.74, 6) is -0.806. The Hall–Kier alpha value is -1.68. The van der Waals surface area contributed by atoms with Gasteiger partial charge in [-0.05, 0) is 24.8 Å². The van der Waals surface area contributed by atoms with Gasteiger partial charge in [-0.1, -0.05) is 44.2 Å². The molecule has 0 aliphatic carbocycles. The van der Waals surface area contributed by atoms with E-state index in [2.05, 4.69) is 0 Å². The van der Waals surface area contributed by atoms with E-state index in [9.17, 15) is 9.59 Å². The molecule has 110 valence electrons. The molecule has 0 aromatic heterocycles. The lowest BCUT2D eigenvalue weighted by atomic mass is 9.88. The van der Waals surface area contributed by atoms with Crippen LogP contribution in [0.15, 0.2) is 30.3 Å². The van der Waals surface area contributed by atoms with Crippen molar-refractivity contribution in [2.75, 3.05) is 7.11 Å². The third kappa shape index (κ3) is 3.90. The monoisotopic (exact) mass is 278 g/mol. The van der Waals surface area contributed by atoms with Gasteiger partial charge in [-0.3, -0.25) is 4.79 Å². The summed E-state index contributed by atoms with van der Waals surface area (Å²) >= 11 is 0. The molecule has 0 bridgehead atoms. The maximum absolute atomic E-state index is 12.3. The molecule has 0 saturated heterocycles. The Balaban J connectivity index is 2.81. The number of hydrogen-bond donors (Lipinski definition) is 0. The van der Waals surface area contributed by atoms with Crippen molar-refractivity contribution in [1.82, 2.24) is 0 Å². The highest BCUT2D eigenvalue weighted by atomic mass is 16.6. The van der Waals surface area contributed by atoms with Crippen LogP contribution in [-0.4, -0.2) is 24.5 Å². The molecule has 1 aromatic carbocycles. The summed E-state index contributed by atoms with van der Waals surface area (Å²) in [6.45, 7) is 5.36. The fourth-order valence-corrected chi connectivity index (χ4v) is 2.10. The zero-order valence-electron chi connectivity index (χ0n) is 12.5. The number of Topliss-reactive ketones (excluding diaryl/α,β-unsaturated/α-hetero) is 1. The molecule has 4 heteroatoms. The largest absolute Gasteiger partial charge is 0.458 e. The van der Waals surface area contributed by atoms with E-state index in [-0.39, 0.29) is 18.3 Å². The van der Waals surface area contributed by atoms with E-state index in [1.54, 1.807) is 0 Å².